The first-order valence-corrected chi connectivity index (χ1v) is 3.14. The van der Waals surface area contributed by atoms with Crippen LogP contribution in [0, 0.1) is 0 Å². The lowest BCUT2D eigenvalue weighted by atomic mass is 10.6. The van der Waals surface area contributed by atoms with E-state index in [4.69, 9.17) is 4.74 Å². The van der Waals surface area contributed by atoms with Crippen molar-refractivity contribution in [3.05, 3.63) is 12.7 Å². The summed E-state index contributed by atoms with van der Waals surface area (Å²) in [5.41, 5.74) is 0. The van der Waals surface area contributed by atoms with Crippen molar-refractivity contribution in [3.63, 3.8) is 0 Å². The molecule has 64 valence electrons. The Balaban J connectivity index is 3.43. The highest BCUT2D eigenvalue weighted by Gasteiger charge is 2.04. The molecule has 0 amide bonds. The van der Waals surface area contributed by atoms with Gasteiger partial charge in [-0.25, -0.2) is 4.79 Å². The molecule has 4 nitrogen and oxygen atoms in total. The molecule has 0 aliphatic rings. The number of methoxy groups -OCH3 is 1. The van der Waals surface area contributed by atoms with Crippen LogP contribution in [0.3, 0.4) is 0 Å². The predicted octanol–water partition coefficient (Wildman–Crippen LogP) is 0.682. The Bertz CT molecular complexity index is 132. The third-order valence-corrected chi connectivity index (χ3v) is 0.869. The van der Waals surface area contributed by atoms with Crippen molar-refractivity contribution in [2.24, 2.45) is 0 Å². The number of ether oxygens (including phenoxy) is 3. The van der Waals surface area contributed by atoms with E-state index in [9.17, 15) is 4.79 Å². The molecular weight excluding hydrogens is 148 g/mol. The summed E-state index contributed by atoms with van der Waals surface area (Å²) in [7, 11) is 1.49. The van der Waals surface area contributed by atoms with E-state index in [0.717, 1.165) is 6.08 Å². The molecule has 0 bridgehead atoms. The molecular formula is C7H12O4. The Morgan fingerprint density at radius 2 is 2.36 bits per heavy atom. The fourth-order valence-corrected chi connectivity index (χ4v) is 0.410. The van der Waals surface area contributed by atoms with Crippen LogP contribution < -0.4 is 0 Å². The molecule has 0 aliphatic heterocycles. The second kappa shape index (κ2) is 5.88. The number of esters is 1. The molecule has 0 aromatic rings. The average Bonchev–Trinajstić information content (AvgIpc) is 2.00. The van der Waals surface area contributed by atoms with Gasteiger partial charge in [-0.3, -0.25) is 0 Å². The number of hydrogen-bond acceptors (Lipinski definition) is 4. The van der Waals surface area contributed by atoms with Crippen molar-refractivity contribution < 1.29 is 19.0 Å². The third-order valence-electron chi connectivity index (χ3n) is 0.869. The molecule has 0 saturated heterocycles. The van der Waals surface area contributed by atoms with Crippen molar-refractivity contribution in [1.82, 2.24) is 0 Å². The fourth-order valence-electron chi connectivity index (χ4n) is 0.410. The van der Waals surface area contributed by atoms with E-state index in [0.29, 0.717) is 0 Å². The monoisotopic (exact) mass is 160 g/mol. The summed E-state index contributed by atoms with van der Waals surface area (Å²) in [4.78, 5) is 10.5. The van der Waals surface area contributed by atoms with E-state index < -0.39 is 12.3 Å². The quantitative estimate of drug-likeness (QED) is 0.337. The van der Waals surface area contributed by atoms with E-state index in [-0.39, 0.29) is 6.79 Å². The van der Waals surface area contributed by atoms with Crippen LogP contribution in [0.5, 0.6) is 0 Å². The molecule has 0 spiro atoms. The smallest absolute Gasteiger partial charge is 0.332 e. The molecule has 0 heterocycles. The summed E-state index contributed by atoms with van der Waals surface area (Å²) in [6, 6.07) is 0. The largest absolute Gasteiger partial charge is 0.433 e. The maximum absolute atomic E-state index is 10.5. The van der Waals surface area contributed by atoms with Gasteiger partial charge < -0.3 is 14.2 Å². The minimum absolute atomic E-state index is 0.103. The summed E-state index contributed by atoms with van der Waals surface area (Å²) >= 11 is 0. The van der Waals surface area contributed by atoms with Crippen LogP contribution in [0.25, 0.3) is 0 Å². The van der Waals surface area contributed by atoms with Gasteiger partial charge in [0.05, 0.1) is 0 Å². The predicted molar refractivity (Wildman–Crippen MR) is 38.7 cm³/mol. The first-order chi connectivity index (χ1) is 5.20. The average molecular weight is 160 g/mol. The van der Waals surface area contributed by atoms with Gasteiger partial charge >= 0.3 is 5.97 Å². The number of hydrogen-bond donors (Lipinski definition) is 0. The molecule has 0 saturated carbocycles. The summed E-state index contributed by atoms with van der Waals surface area (Å²) in [6.45, 7) is 4.93. The maximum Gasteiger partial charge on any atom is 0.332 e. The maximum atomic E-state index is 10.5. The van der Waals surface area contributed by atoms with Gasteiger partial charge in [-0.2, -0.15) is 0 Å². The zero-order valence-corrected chi connectivity index (χ0v) is 6.70. The molecule has 0 rings (SSSR count). The Morgan fingerprint density at radius 1 is 1.73 bits per heavy atom. The van der Waals surface area contributed by atoms with Crippen molar-refractivity contribution in [2.45, 2.75) is 13.2 Å². The van der Waals surface area contributed by atoms with Gasteiger partial charge in [0.25, 0.3) is 0 Å². The number of rotatable bonds is 5. The number of carbonyl (C=O) groups is 1. The Kier molecular flexibility index (Phi) is 5.42. The fraction of sp³-hybridized carbons (Fsp3) is 0.571. The van der Waals surface area contributed by atoms with Gasteiger partial charge in [0.1, 0.15) is 0 Å². The summed E-state index contributed by atoms with van der Waals surface area (Å²) in [5, 5.41) is 0. The molecule has 0 aliphatic carbocycles. The highest BCUT2D eigenvalue weighted by atomic mass is 16.8. The summed E-state index contributed by atoms with van der Waals surface area (Å²) in [5.74, 6) is -0.506. The second-order valence-corrected chi connectivity index (χ2v) is 1.78. The zero-order chi connectivity index (χ0) is 8.69. The van der Waals surface area contributed by atoms with Crippen molar-refractivity contribution >= 4 is 5.97 Å². The van der Waals surface area contributed by atoms with Crippen LogP contribution in [0.15, 0.2) is 12.7 Å². The SMILES string of the molecule is C=CC(=O)OC(C)OCOC. The Morgan fingerprint density at radius 3 is 2.82 bits per heavy atom. The van der Waals surface area contributed by atoms with Crippen LogP contribution >= 0.6 is 0 Å². The first kappa shape index (κ1) is 10.1. The van der Waals surface area contributed by atoms with Crippen LogP contribution in [-0.4, -0.2) is 26.2 Å². The highest BCUT2D eigenvalue weighted by Crippen LogP contribution is 1.93. The van der Waals surface area contributed by atoms with Crippen molar-refractivity contribution in [2.75, 3.05) is 13.9 Å². The zero-order valence-electron chi connectivity index (χ0n) is 6.70. The third kappa shape index (κ3) is 5.57. The standard InChI is InChI=1S/C7H12O4/c1-4-7(8)11-6(2)10-5-9-3/h4,6H,1,5H2,2-3H3. The molecule has 0 N–H and O–H groups in total. The molecule has 1 unspecified atom stereocenters. The van der Waals surface area contributed by atoms with Crippen LogP contribution in [0.4, 0.5) is 0 Å². The van der Waals surface area contributed by atoms with Gasteiger partial charge in [0.2, 0.25) is 6.29 Å². The Hall–Kier alpha value is -0.870. The first-order valence-electron chi connectivity index (χ1n) is 3.14. The highest BCUT2D eigenvalue weighted by molar-refractivity contribution is 5.81. The van der Waals surface area contributed by atoms with E-state index >= 15 is 0 Å². The van der Waals surface area contributed by atoms with E-state index in [1.807, 2.05) is 0 Å². The molecule has 4 heteroatoms. The van der Waals surface area contributed by atoms with Gasteiger partial charge in [-0.15, -0.1) is 0 Å². The number of carbonyl (C=O) groups excluding carboxylic acids is 1. The van der Waals surface area contributed by atoms with Crippen LogP contribution in [0.2, 0.25) is 0 Å². The van der Waals surface area contributed by atoms with E-state index in [1.165, 1.54) is 7.11 Å². The normalized spacial score (nSPS) is 12.2. The lowest BCUT2D eigenvalue weighted by Crippen LogP contribution is -2.17. The van der Waals surface area contributed by atoms with Gasteiger partial charge in [0.15, 0.2) is 6.79 Å². The lowest BCUT2D eigenvalue weighted by molar-refractivity contribution is -0.188. The van der Waals surface area contributed by atoms with E-state index in [1.54, 1.807) is 6.92 Å². The minimum atomic E-state index is -0.597. The summed E-state index contributed by atoms with van der Waals surface area (Å²) < 4.78 is 14.1. The van der Waals surface area contributed by atoms with Crippen molar-refractivity contribution in [3.8, 4) is 0 Å². The molecule has 0 radical (unpaired) electrons. The van der Waals surface area contributed by atoms with Gasteiger partial charge in [-0.1, -0.05) is 6.58 Å². The van der Waals surface area contributed by atoms with Gasteiger partial charge in [-0.05, 0) is 6.92 Å². The molecule has 0 aromatic heterocycles. The molecule has 1 atom stereocenters. The minimum Gasteiger partial charge on any atom is -0.433 e. The van der Waals surface area contributed by atoms with Crippen LogP contribution in [-0.2, 0) is 19.0 Å². The van der Waals surface area contributed by atoms with Crippen molar-refractivity contribution in [1.29, 1.82) is 0 Å². The Labute approximate surface area is 65.7 Å². The molecule has 0 aromatic carbocycles. The molecule has 11 heavy (non-hydrogen) atoms. The topological polar surface area (TPSA) is 44.8 Å². The van der Waals surface area contributed by atoms with E-state index in [2.05, 4.69) is 16.1 Å². The molecule has 0 fully saturated rings. The van der Waals surface area contributed by atoms with Crippen LogP contribution in [0.1, 0.15) is 6.92 Å². The lowest BCUT2D eigenvalue weighted by Gasteiger charge is -2.11. The second-order valence-electron chi connectivity index (χ2n) is 1.78. The van der Waals surface area contributed by atoms with Gasteiger partial charge in [0, 0.05) is 13.2 Å². The summed E-state index contributed by atoms with van der Waals surface area (Å²) in [6.07, 6.45) is 0.479.